The monoisotopic (exact) mass is 339 g/mol. The maximum atomic E-state index is 11.1. The van der Waals surface area contributed by atoms with Gasteiger partial charge in [-0.2, -0.15) is 0 Å². The summed E-state index contributed by atoms with van der Waals surface area (Å²) < 4.78 is 30.2. The van der Waals surface area contributed by atoms with Crippen molar-refractivity contribution in [1.29, 1.82) is 0 Å². The van der Waals surface area contributed by atoms with Gasteiger partial charge < -0.3 is 33.7 Å². The van der Waals surface area contributed by atoms with Gasteiger partial charge in [0.1, 0.15) is 6.61 Å². The standard InChI is InChI=1S/C13H27NO7.C2H6/c1-16-4-3-14-13(15)21-12-11-20-10-9-19-8-7-18-6-5-17-2;1-2/h3-12H2,1-2H3,(H,14,15);1-2H3. The van der Waals surface area contributed by atoms with Crippen molar-refractivity contribution in [2.24, 2.45) is 0 Å². The van der Waals surface area contributed by atoms with Crippen molar-refractivity contribution >= 4 is 6.09 Å². The highest BCUT2D eigenvalue weighted by Crippen LogP contribution is 1.84. The lowest BCUT2D eigenvalue weighted by atomic mass is 10.7. The van der Waals surface area contributed by atoms with E-state index in [0.29, 0.717) is 59.4 Å². The smallest absolute Gasteiger partial charge is 0.407 e. The van der Waals surface area contributed by atoms with E-state index < -0.39 is 6.09 Å². The number of ether oxygens (including phenoxy) is 6. The van der Waals surface area contributed by atoms with E-state index in [1.165, 1.54) is 0 Å². The van der Waals surface area contributed by atoms with Crippen LogP contribution in [0.3, 0.4) is 0 Å². The molecule has 0 aliphatic carbocycles. The largest absolute Gasteiger partial charge is 0.447 e. The first-order chi connectivity index (χ1) is 11.3. The first-order valence-corrected chi connectivity index (χ1v) is 7.93. The van der Waals surface area contributed by atoms with E-state index in [2.05, 4.69) is 5.32 Å². The van der Waals surface area contributed by atoms with E-state index in [1.54, 1.807) is 14.2 Å². The zero-order valence-electron chi connectivity index (χ0n) is 14.9. The van der Waals surface area contributed by atoms with Crippen LogP contribution < -0.4 is 5.32 Å². The molecule has 1 N–H and O–H groups in total. The fraction of sp³-hybridized carbons (Fsp3) is 0.933. The summed E-state index contributed by atoms with van der Waals surface area (Å²) in [5, 5.41) is 2.53. The highest BCUT2D eigenvalue weighted by molar-refractivity contribution is 5.66. The van der Waals surface area contributed by atoms with Crippen LogP contribution in [0, 0.1) is 0 Å². The summed E-state index contributed by atoms with van der Waals surface area (Å²) >= 11 is 0. The third kappa shape index (κ3) is 23.5. The highest BCUT2D eigenvalue weighted by atomic mass is 16.6. The second-order valence-corrected chi connectivity index (χ2v) is 3.89. The molecule has 8 nitrogen and oxygen atoms in total. The van der Waals surface area contributed by atoms with Gasteiger partial charge >= 0.3 is 6.09 Å². The molecule has 0 saturated carbocycles. The number of nitrogens with one attached hydrogen (secondary N) is 1. The van der Waals surface area contributed by atoms with Crippen LogP contribution in [-0.4, -0.2) is 86.3 Å². The summed E-state index contributed by atoms with van der Waals surface area (Å²) in [6.07, 6.45) is -0.472. The van der Waals surface area contributed by atoms with Crippen LogP contribution >= 0.6 is 0 Å². The molecule has 23 heavy (non-hydrogen) atoms. The zero-order chi connectivity index (χ0) is 17.6. The molecule has 1 amide bonds. The molecule has 0 spiro atoms. The minimum absolute atomic E-state index is 0.207. The predicted octanol–water partition coefficient (Wildman–Crippen LogP) is 1.08. The number of rotatable bonds is 15. The topological polar surface area (TPSA) is 84.5 Å². The Morgan fingerprint density at radius 3 is 1.61 bits per heavy atom. The Kier molecular flexibility index (Phi) is 24.7. The lowest BCUT2D eigenvalue weighted by Crippen LogP contribution is -2.28. The normalized spacial score (nSPS) is 9.91. The molecule has 0 aliphatic heterocycles. The van der Waals surface area contributed by atoms with Crippen LogP contribution in [0.4, 0.5) is 4.79 Å². The molecule has 0 radical (unpaired) electrons. The number of methoxy groups -OCH3 is 2. The lowest BCUT2D eigenvalue weighted by molar-refractivity contribution is -0.00233. The highest BCUT2D eigenvalue weighted by Gasteiger charge is 2.00. The molecule has 0 aromatic carbocycles. The molecular formula is C15H33NO7. The van der Waals surface area contributed by atoms with Crippen molar-refractivity contribution in [3.05, 3.63) is 0 Å². The average molecular weight is 339 g/mol. The summed E-state index contributed by atoms with van der Waals surface area (Å²) in [5.74, 6) is 0. The maximum absolute atomic E-state index is 11.1. The Morgan fingerprint density at radius 1 is 0.696 bits per heavy atom. The molecule has 0 saturated heterocycles. The number of carbonyl (C=O) groups is 1. The molecule has 140 valence electrons. The van der Waals surface area contributed by atoms with Crippen molar-refractivity contribution in [2.45, 2.75) is 13.8 Å². The molecule has 0 bridgehead atoms. The third-order valence-electron chi connectivity index (χ3n) is 2.21. The van der Waals surface area contributed by atoms with Gasteiger partial charge in [-0.3, -0.25) is 0 Å². The molecule has 0 aliphatic rings. The van der Waals surface area contributed by atoms with Crippen LogP contribution in [0.2, 0.25) is 0 Å². The predicted molar refractivity (Wildman–Crippen MR) is 86.9 cm³/mol. The van der Waals surface area contributed by atoms with E-state index in [-0.39, 0.29) is 6.61 Å². The van der Waals surface area contributed by atoms with Crippen molar-refractivity contribution < 1.29 is 33.2 Å². The van der Waals surface area contributed by atoms with Crippen molar-refractivity contribution in [3.8, 4) is 0 Å². The van der Waals surface area contributed by atoms with E-state index in [1.807, 2.05) is 13.8 Å². The Labute approximate surface area is 139 Å². The first kappa shape index (κ1) is 24.3. The number of amides is 1. The second kappa shape index (κ2) is 23.3. The minimum Gasteiger partial charge on any atom is -0.447 e. The number of alkyl carbamates (subject to hydrolysis) is 1. The van der Waals surface area contributed by atoms with Crippen LogP contribution in [0.15, 0.2) is 0 Å². The van der Waals surface area contributed by atoms with Gasteiger partial charge in [0.05, 0.1) is 52.9 Å². The third-order valence-corrected chi connectivity index (χ3v) is 2.21. The van der Waals surface area contributed by atoms with Crippen molar-refractivity contribution in [2.75, 3.05) is 80.2 Å². The van der Waals surface area contributed by atoms with Crippen LogP contribution in [0.25, 0.3) is 0 Å². The maximum Gasteiger partial charge on any atom is 0.407 e. The first-order valence-electron chi connectivity index (χ1n) is 7.93. The Hall–Kier alpha value is -0.930. The summed E-state index contributed by atoms with van der Waals surface area (Å²) in [7, 11) is 3.19. The van der Waals surface area contributed by atoms with Gasteiger partial charge in [0.15, 0.2) is 0 Å². The summed E-state index contributed by atoms with van der Waals surface area (Å²) in [6.45, 7) is 8.57. The summed E-state index contributed by atoms with van der Waals surface area (Å²) in [4.78, 5) is 11.1. The van der Waals surface area contributed by atoms with Crippen LogP contribution in [0.1, 0.15) is 13.8 Å². The van der Waals surface area contributed by atoms with Crippen molar-refractivity contribution in [1.82, 2.24) is 5.32 Å². The number of hydrogen-bond donors (Lipinski definition) is 1. The van der Waals surface area contributed by atoms with E-state index in [0.717, 1.165) is 0 Å². The quantitative estimate of drug-likeness (QED) is 0.447. The zero-order valence-corrected chi connectivity index (χ0v) is 14.9. The number of carbonyl (C=O) groups excluding carboxylic acids is 1. The van der Waals surface area contributed by atoms with Gasteiger partial charge in [0, 0.05) is 20.8 Å². The average Bonchev–Trinajstić information content (AvgIpc) is 2.58. The summed E-state index contributed by atoms with van der Waals surface area (Å²) in [5.41, 5.74) is 0. The molecule has 0 rings (SSSR count). The molecule has 0 unspecified atom stereocenters. The van der Waals surface area contributed by atoms with E-state index in [9.17, 15) is 4.79 Å². The molecule has 8 heteroatoms. The fourth-order valence-electron chi connectivity index (χ4n) is 1.18. The summed E-state index contributed by atoms with van der Waals surface area (Å²) in [6, 6.07) is 0. The van der Waals surface area contributed by atoms with Gasteiger partial charge in [-0.25, -0.2) is 4.79 Å². The van der Waals surface area contributed by atoms with E-state index >= 15 is 0 Å². The number of hydrogen-bond acceptors (Lipinski definition) is 7. The molecule has 0 atom stereocenters. The SMILES string of the molecule is CC.COCCNC(=O)OCCOCCOCCOCCOC. The molecular weight excluding hydrogens is 306 g/mol. The Balaban J connectivity index is 0. The van der Waals surface area contributed by atoms with Gasteiger partial charge in [0.2, 0.25) is 0 Å². The molecule has 0 heterocycles. The van der Waals surface area contributed by atoms with Gasteiger partial charge in [-0.15, -0.1) is 0 Å². The van der Waals surface area contributed by atoms with Crippen LogP contribution in [-0.2, 0) is 28.4 Å². The van der Waals surface area contributed by atoms with Crippen LogP contribution in [0.5, 0.6) is 0 Å². The molecule has 0 fully saturated rings. The van der Waals surface area contributed by atoms with E-state index in [4.69, 9.17) is 28.4 Å². The fourth-order valence-corrected chi connectivity index (χ4v) is 1.18. The van der Waals surface area contributed by atoms with Crippen molar-refractivity contribution in [3.63, 3.8) is 0 Å². The second-order valence-electron chi connectivity index (χ2n) is 3.89. The lowest BCUT2D eigenvalue weighted by Gasteiger charge is -2.08. The molecule has 0 aromatic rings. The molecule has 0 aromatic heterocycles. The Bertz CT molecular complexity index is 230. The van der Waals surface area contributed by atoms with Gasteiger partial charge in [-0.05, 0) is 0 Å². The Morgan fingerprint density at radius 2 is 1.13 bits per heavy atom. The van der Waals surface area contributed by atoms with Gasteiger partial charge in [0.25, 0.3) is 0 Å². The van der Waals surface area contributed by atoms with Gasteiger partial charge in [-0.1, -0.05) is 13.8 Å². The minimum atomic E-state index is -0.472.